The van der Waals surface area contributed by atoms with Crippen LogP contribution >= 0.6 is 11.6 Å². The van der Waals surface area contributed by atoms with Crippen LogP contribution in [0.2, 0.25) is 5.02 Å². The normalized spacial score (nSPS) is 13.9. The van der Waals surface area contributed by atoms with Gasteiger partial charge in [-0.15, -0.1) is 0 Å². The van der Waals surface area contributed by atoms with Gasteiger partial charge in [-0.05, 0) is 35.0 Å². The number of imide groups is 1. The number of hydrogen-bond acceptors (Lipinski definition) is 3. The van der Waals surface area contributed by atoms with Gasteiger partial charge in [0.15, 0.2) is 0 Å². The Labute approximate surface area is 118 Å². The average Bonchev–Trinajstić information content (AvgIpc) is 2.61. The molecule has 100 valence electrons. The number of carbonyl (C=O) groups is 3. The number of nitrogens with zero attached hydrogens (tertiary/aromatic N) is 1. The summed E-state index contributed by atoms with van der Waals surface area (Å²) < 4.78 is 0. The van der Waals surface area contributed by atoms with E-state index in [2.05, 4.69) is 0 Å². The Balaban J connectivity index is 2.17. The maximum Gasteiger partial charge on any atom is 0.323 e. The summed E-state index contributed by atoms with van der Waals surface area (Å²) in [5, 5.41) is 10.8. The molecule has 0 saturated carbocycles. The molecule has 2 aromatic rings. The summed E-state index contributed by atoms with van der Waals surface area (Å²) in [6.45, 7) is -0.635. The van der Waals surface area contributed by atoms with Crippen LogP contribution in [0.1, 0.15) is 20.7 Å². The maximum atomic E-state index is 12.1. The van der Waals surface area contributed by atoms with Crippen LogP contribution in [0.4, 0.5) is 0 Å². The highest BCUT2D eigenvalue weighted by atomic mass is 35.5. The zero-order valence-corrected chi connectivity index (χ0v) is 10.8. The molecule has 20 heavy (non-hydrogen) atoms. The standard InChI is InChI=1S/C14H8ClNO4/c15-9-2-1-7-4-10-11(5-8(7)3-9)14(20)16(13(10)19)6-12(17)18/h1-5H,6H2,(H,17,18). The Morgan fingerprint density at radius 3 is 2.25 bits per heavy atom. The SMILES string of the molecule is O=C(O)CN1C(=O)c2cc3ccc(Cl)cc3cc2C1=O. The highest BCUT2D eigenvalue weighted by molar-refractivity contribution is 6.31. The number of carboxylic acids is 1. The van der Waals surface area contributed by atoms with Crippen molar-refractivity contribution in [2.24, 2.45) is 0 Å². The van der Waals surface area contributed by atoms with Gasteiger partial charge in [0.05, 0.1) is 11.1 Å². The number of benzene rings is 2. The number of rotatable bonds is 2. The first-order chi connectivity index (χ1) is 9.47. The van der Waals surface area contributed by atoms with Crippen LogP contribution in [0.5, 0.6) is 0 Å². The number of aliphatic carboxylic acids is 1. The van der Waals surface area contributed by atoms with Gasteiger partial charge in [0, 0.05) is 5.02 Å². The van der Waals surface area contributed by atoms with Crippen molar-refractivity contribution < 1.29 is 19.5 Å². The molecule has 1 heterocycles. The van der Waals surface area contributed by atoms with Crippen molar-refractivity contribution in [1.29, 1.82) is 0 Å². The van der Waals surface area contributed by atoms with Gasteiger partial charge in [-0.3, -0.25) is 19.3 Å². The van der Waals surface area contributed by atoms with Crippen LogP contribution in [-0.2, 0) is 4.79 Å². The second-order valence-electron chi connectivity index (χ2n) is 4.48. The third kappa shape index (κ3) is 1.83. The van der Waals surface area contributed by atoms with Gasteiger partial charge in [0.2, 0.25) is 0 Å². The third-order valence-electron chi connectivity index (χ3n) is 3.18. The quantitative estimate of drug-likeness (QED) is 0.860. The summed E-state index contributed by atoms with van der Waals surface area (Å²) in [5.74, 6) is -2.40. The first-order valence-corrected chi connectivity index (χ1v) is 6.16. The Kier molecular flexibility index (Phi) is 2.72. The molecule has 2 aromatic carbocycles. The van der Waals surface area contributed by atoms with Crippen molar-refractivity contribution in [3.63, 3.8) is 0 Å². The molecule has 0 atom stereocenters. The van der Waals surface area contributed by atoms with E-state index in [1.54, 1.807) is 30.3 Å². The van der Waals surface area contributed by atoms with Gasteiger partial charge in [-0.1, -0.05) is 17.7 Å². The molecular formula is C14H8ClNO4. The Hall–Kier alpha value is -2.40. The predicted molar refractivity (Wildman–Crippen MR) is 72.0 cm³/mol. The molecule has 0 spiro atoms. The van der Waals surface area contributed by atoms with Gasteiger partial charge >= 0.3 is 5.97 Å². The van der Waals surface area contributed by atoms with E-state index in [0.29, 0.717) is 5.02 Å². The van der Waals surface area contributed by atoms with E-state index in [1.165, 1.54) is 0 Å². The molecule has 1 aliphatic heterocycles. The van der Waals surface area contributed by atoms with Gasteiger partial charge in [-0.2, -0.15) is 0 Å². The number of fused-ring (bicyclic) bond motifs is 2. The van der Waals surface area contributed by atoms with Gasteiger partial charge in [0.1, 0.15) is 6.54 Å². The van der Waals surface area contributed by atoms with Crippen LogP contribution in [-0.4, -0.2) is 34.3 Å². The summed E-state index contributed by atoms with van der Waals surface area (Å²) in [4.78, 5) is 35.6. The van der Waals surface area contributed by atoms with Gasteiger partial charge < -0.3 is 5.11 Å². The predicted octanol–water partition coefficient (Wildman–Crippen LogP) is 2.17. The van der Waals surface area contributed by atoms with Crippen LogP contribution in [0, 0.1) is 0 Å². The highest BCUT2D eigenvalue weighted by Crippen LogP contribution is 2.29. The fourth-order valence-corrected chi connectivity index (χ4v) is 2.46. The van der Waals surface area contributed by atoms with Gasteiger partial charge in [-0.25, -0.2) is 0 Å². The van der Waals surface area contributed by atoms with Crippen molar-refractivity contribution in [3.8, 4) is 0 Å². The molecule has 5 nitrogen and oxygen atoms in total. The lowest BCUT2D eigenvalue weighted by atomic mass is 10.0. The molecule has 0 saturated heterocycles. The average molecular weight is 290 g/mol. The number of halogens is 1. The molecule has 0 aliphatic carbocycles. The Bertz CT molecular complexity index is 784. The lowest BCUT2D eigenvalue weighted by Gasteiger charge is -2.09. The summed E-state index contributed by atoms with van der Waals surface area (Å²) in [6, 6.07) is 8.28. The van der Waals surface area contributed by atoms with Crippen molar-refractivity contribution in [2.45, 2.75) is 0 Å². The first-order valence-electron chi connectivity index (χ1n) is 5.78. The summed E-state index contributed by atoms with van der Waals surface area (Å²) in [5.41, 5.74) is 0.442. The van der Waals surface area contributed by atoms with Crippen molar-refractivity contribution in [1.82, 2.24) is 4.90 Å². The first kappa shape index (κ1) is 12.6. The molecule has 0 radical (unpaired) electrons. The topological polar surface area (TPSA) is 74.7 Å². The Morgan fingerprint density at radius 2 is 1.65 bits per heavy atom. The van der Waals surface area contributed by atoms with Crippen molar-refractivity contribution >= 4 is 40.2 Å². The number of carboxylic acid groups (broad SMARTS) is 1. The van der Waals surface area contributed by atoms with Crippen molar-refractivity contribution in [2.75, 3.05) is 6.54 Å². The molecule has 1 N–H and O–H groups in total. The number of carbonyl (C=O) groups excluding carboxylic acids is 2. The maximum absolute atomic E-state index is 12.1. The summed E-state index contributed by atoms with van der Waals surface area (Å²) in [7, 11) is 0. The van der Waals surface area contributed by atoms with E-state index in [-0.39, 0.29) is 11.1 Å². The van der Waals surface area contributed by atoms with Gasteiger partial charge in [0.25, 0.3) is 11.8 Å². The van der Waals surface area contributed by atoms with Crippen LogP contribution in [0.25, 0.3) is 10.8 Å². The smallest absolute Gasteiger partial charge is 0.323 e. The molecule has 2 amide bonds. The minimum absolute atomic E-state index is 0.214. The summed E-state index contributed by atoms with van der Waals surface area (Å²) in [6.07, 6.45) is 0. The lowest BCUT2D eigenvalue weighted by molar-refractivity contribution is -0.137. The molecule has 0 unspecified atom stereocenters. The van der Waals surface area contributed by atoms with E-state index < -0.39 is 24.3 Å². The molecule has 0 bridgehead atoms. The molecule has 1 aliphatic rings. The van der Waals surface area contributed by atoms with E-state index >= 15 is 0 Å². The van der Waals surface area contributed by atoms with E-state index in [1.807, 2.05) is 0 Å². The largest absolute Gasteiger partial charge is 0.480 e. The van der Waals surface area contributed by atoms with Crippen LogP contribution in [0.15, 0.2) is 30.3 Å². The third-order valence-corrected chi connectivity index (χ3v) is 3.42. The number of hydrogen-bond donors (Lipinski definition) is 1. The monoisotopic (exact) mass is 289 g/mol. The Morgan fingerprint density at radius 1 is 1.05 bits per heavy atom. The fourth-order valence-electron chi connectivity index (χ4n) is 2.28. The molecule has 0 fully saturated rings. The lowest BCUT2D eigenvalue weighted by Crippen LogP contribution is -2.34. The minimum Gasteiger partial charge on any atom is -0.480 e. The second kappa shape index (κ2) is 4.31. The van der Waals surface area contributed by atoms with Crippen LogP contribution < -0.4 is 0 Å². The van der Waals surface area contributed by atoms with Crippen molar-refractivity contribution in [3.05, 3.63) is 46.5 Å². The van der Waals surface area contributed by atoms with E-state index in [0.717, 1.165) is 15.7 Å². The minimum atomic E-state index is -1.23. The number of amides is 2. The van der Waals surface area contributed by atoms with E-state index in [9.17, 15) is 14.4 Å². The molecule has 0 aromatic heterocycles. The molecule has 3 rings (SSSR count). The van der Waals surface area contributed by atoms with Crippen LogP contribution in [0.3, 0.4) is 0 Å². The van der Waals surface area contributed by atoms with E-state index in [4.69, 9.17) is 16.7 Å². The summed E-state index contributed by atoms with van der Waals surface area (Å²) >= 11 is 5.89. The second-order valence-corrected chi connectivity index (χ2v) is 4.92. The molecule has 6 heteroatoms. The zero-order valence-electron chi connectivity index (χ0n) is 10.1. The highest BCUT2D eigenvalue weighted by Gasteiger charge is 2.36. The zero-order chi connectivity index (χ0) is 14.4. The fraction of sp³-hybridized carbons (Fsp3) is 0.0714. The molecular weight excluding hydrogens is 282 g/mol.